The van der Waals surface area contributed by atoms with Crippen molar-refractivity contribution in [1.29, 1.82) is 0 Å². The highest BCUT2D eigenvalue weighted by atomic mass is 32.1. The molecule has 0 fully saturated rings. The number of pyridine rings is 1. The molecule has 0 atom stereocenters. The number of aromatic nitrogens is 4. The molecular formula is C19H17N5O3S. The Kier molecular flexibility index (Phi) is 4.74. The molecule has 1 aromatic carbocycles. The lowest BCUT2D eigenvalue weighted by molar-refractivity contribution is -0.116. The van der Waals surface area contributed by atoms with Crippen LogP contribution in [0.2, 0.25) is 0 Å². The number of nitrogens with one attached hydrogen (secondary N) is 2. The molecule has 0 spiro atoms. The van der Waals surface area contributed by atoms with Crippen LogP contribution < -0.4 is 10.9 Å². The molecular weight excluding hydrogens is 378 g/mol. The van der Waals surface area contributed by atoms with Crippen LogP contribution in [-0.2, 0) is 11.2 Å². The van der Waals surface area contributed by atoms with E-state index in [1.54, 1.807) is 6.07 Å². The number of aryl methyl sites for hydroxylation is 3. The molecule has 0 saturated heterocycles. The van der Waals surface area contributed by atoms with Crippen LogP contribution in [0.1, 0.15) is 23.6 Å². The van der Waals surface area contributed by atoms with E-state index >= 15 is 0 Å². The second-order valence-electron chi connectivity index (χ2n) is 6.46. The normalized spacial score (nSPS) is 11.1. The van der Waals surface area contributed by atoms with Gasteiger partial charge >= 0.3 is 0 Å². The number of nitrogens with zero attached hydrogens (tertiary/aromatic N) is 3. The van der Waals surface area contributed by atoms with Gasteiger partial charge in [0.25, 0.3) is 5.56 Å². The van der Waals surface area contributed by atoms with E-state index in [0.29, 0.717) is 16.6 Å². The Morgan fingerprint density at radius 1 is 1.25 bits per heavy atom. The first-order valence-electron chi connectivity index (χ1n) is 8.66. The summed E-state index contributed by atoms with van der Waals surface area (Å²) >= 11 is 1.37. The summed E-state index contributed by atoms with van der Waals surface area (Å²) in [5, 5.41) is 9.94. The number of hydrogen-bond acceptors (Lipinski definition) is 7. The van der Waals surface area contributed by atoms with Crippen molar-refractivity contribution < 1.29 is 9.32 Å². The number of H-pyrrole nitrogens is 1. The summed E-state index contributed by atoms with van der Waals surface area (Å²) in [6.45, 7) is 3.84. The average molecular weight is 395 g/mol. The van der Waals surface area contributed by atoms with E-state index in [2.05, 4.69) is 25.4 Å². The molecule has 0 saturated carbocycles. The van der Waals surface area contributed by atoms with Crippen molar-refractivity contribution in [3.8, 4) is 11.4 Å². The highest BCUT2D eigenvalue weighted by Crippen LogP contribution is 2.19. The second-order valence-corrected chi connectivity index (χ2v) is 7.31. The third-order valence-electron chi connectivity index (χ3n) is 4.14. The summed E-state index contributed by atoms with van der Waals surface area (Å²) in [6.07, 6.45) is 0.446. The largest absolute Gasteiger partial charge is 0.339 e. The fraction of sp³-hybridized carbons (Fsp3) is 0.211. The molecule has 0 aliphatic rings. The van der Waals surface area contributed by atoms with Crippen molar-refractivity contribution in [2.75, 3.05) is 5.32 Å². The molecule has 0 bridgehead atoms. The van der Waals surface area contributed by atoms with Crippen LogP contribution in [0.15, 0.2) is 39.0 Å². The Bertz CT molecular complexity index is 1220. The van der Waals surface area contributed by atoms with Crippen molar-refractivity contribution in [2.45, 2.75) is 26.7 Å². The van der Waals surface area contributed by atoms with Crippen molar-refractivity contribution in [3.63, 3.8) is 0 Å². The number of fused-ring (bicyclic) bond motifs is 1. The molecule has 0 aliphatic carbocycles. The summed E-state index contributed by atoms with van der Waals surface area (Å²) in [5.41, 5.74) is 2.73. The van der Waals surface area contributed by atoms with Crippen LogP contribution >= 0.6 is 11.3 Å². The van der Waals surface area contributed by atoms with Crippen LogP contribution in [0.5, 0.6) is 0 Å². The van der Waals surface area contributed by atoms with Gasteiger partial charge in [0, 0.05) is 23.7 Å². The fourth-order valence-corrected chi connectivity index (χ4v) is 3.48. The van der Waals surface area contributed by atoms with E-state index in [4.69, 9.17) is 4.52 Å². The molecule has 9 heteroatoms. The van der Waals surface area contributed by atoms with Crippen LogP contribution in [0.25, 0.3) is 22.3 Å². The molecule has 28 heavy (non-hydrogen) atoms. The zero-order chi connectivity index (χ0) is 19.7. The minimum Gasteiger partial charge on any atom is -0.339 e. The van der Waals surface area contributed by atoms with Crippen LogP contribution in [0.4, 0.5) is 5.13 Å². The first-order chi connectivity index (χ1) is 13.5. The van der Waals surface area contributed by atoms with Gasteiger partial charge in [-0.2, -0.15) is 4.98 Å². The van der Waals surface area contributed by atoms with E-state index in [1.165, 1.54) is 11.3 Å². The second kappa shape index (κ2) is 7.35. The van der Waals surface area contributed by atoms with Gasteiger partial charge in [0.15, 0.2) is 5.13 Å². The molecule has 3 heterocycles. The smallest absolute Gasteiger partial charge is 0.259 e. The van der Waals surface area contributed by atoms with Crippen LogP contribution in [-0.4, -0.2) is 26.0 Å². The molecule has 4 rings (SSSR count). The molecule has 3 aromatic heterocycles. The van der Waals surface area contributed by atoms with E-state index in [-0.39, 0.29) is 30.1 Å². The maximum atomic E-state index is 12.4. The Morgan fingerprint density at radius 3 is 2.89 bits per heavy atom. The maximum Gasteiger partial charge on any atom is 0.259 e. The van der Waals surface area contributed by atoms with Gasteiger partial charge in [0.2, 0.25) is 17.6 Å². The van der Waals surface area contributed by atoms with Gasteiger partial charge in [-0.15, -0.1) is 11.3 Å². The summed E-state index contributed by atoms with van der Waals surface area (Å²) in [4.78, 5) is 35.6. The molecule has 0 aliphatic heterocycles. The minimum absolute atomic E-state index is 0.174. The monoisotopic (exact) mass is 395 g/mol. The van der Waals surface area contributed by atoms with Crippen molar-refractivity contribution >= 4 is 33.3 Å². The first kappa shape index (κ1) is 18.1. The number of amides is 1. The third kappa shape index (κ3) is 3.84. The van der Waals surface area contributed by atoms with Gasteiger partial charge in [-0.3, -0.25) is 9.59 Å². The molecule has 4 aromatic rings. The van der Waals surface area contributed by atoms with E-state index in [0.717, 1.165) is 22.2 Å². The van der Waals surface area contributed by atoms with Crippen molar-refractivity contribution in [2.24, 2.45) is 0 Å². The molecule has 2 N–H and O–H groups in total. The lowest BCUT2D eigenvalue weighted by Crippen LogP contribution is -2.12. The highest BCUT2D eigenvalue weighted by Gasteiger charge is 2.15. The van der Waals surface area contributed by atoms with Gasteiger partial charge < -0.3 is 14.8 Å². The van der Waals surface area contributed by atoms with Crippen molar-refractivity contribution in [1.82, 2.24) is 20.1 Å². The fourth-order valence-electron chi connectivity index (χ4n) is 2.77. The number of carbonyl (C=O) groups is 1. The van der Waals surface area contributed by atoms with Crippen LogP contribution in [0.3, 0.4) is 0 Å². The molecule has 0 unspecified atom stereocenters. The predicted molar refractivity (Wildman–Crippen MR) is 106 cm³/mol. The Balaban J connectivity index is 1.48. The third-order valence-corrected chi connectivity index (χ3v) is 5.02. The van der Waals surface area contributed by atoms with Crippen molar-refractivity contribution in [3.05, 3.63) is 57.1 Å². The Labute approximate surface area is 163 Å². The summed E-state index contributed by atoms with van der Waals surface area (Å²) < 4.78 is 5.21. The van der Waals surface area contributed by atoms with Gasteiger partial charge in [-0.05, 0) is 37.4 Å². The number of carbonyl (C=O) groups excluding carboxylic acids is 1. The number of rotatable bonds is 5. The summed E-state index contributed by atoms with van der Waals surface area (Å²) in [6, 6.07) is 7.51. The number of thiazole rings is 1. The van der Waals surface area contributed by atoms with E-state index in [1.807, 2.05) is 37.4 Å². The predicted octanol–water partition coefficient (Wildman–Crippen LogP) is 3.22. The topological polar surface area (TPSA) is 114 Å². The molecule has 0 radical (unpaired) electrons. The molecule has 1 amide bonds. The Morgan fingerprint density at radius 2 is 2.11 bits per heavy atom. The minimum atomic E-state index is -0.291. The summed E-state index contributed by atoms with van der Waals surface area (Å²) in [5.74, 6) is 0.313. The maximum absolute atomic E-state index is 12.4. The van der Waals surface area contributed by atoms with Gasteiger partial charge in [-0.1, -0.05) is 16.8 Å². The summed E-state index contributed by atoms with van der Waals surface area (Å²) in [7, 11) is 0. The van der Waals surface area contributed by atoms with E-state index < -0.39 is 0 Å². The SMILES string of the molecule is Cc1ccc2[nH]c(=O)c(-c3noc(CCC(=O)Nc4nc(C)cs4)n3)cc2c1. The van der Waals surface area contributed by atoms with Crippen LogP contribution in [0, 0.1) is 13.8 Å². The number of anilines is 1. The lowest BCUT2D eigenvalue weighted by Gasteiger charge is -2.01. The molecule has 142 valence electrons. The van der Waals surface area contributed by atoms with Gasteiger partial charge in [-0.25, -0.2) is 4.98 Å². The zero-order valence-corrected chi connectivity index (χ0v) is 16.1. The number of benzene rings is 1. The molecule has 8 nitrogen and oxygen atoms in total. The quantitative estimate of drug-likeness (QED) is 0.536. The van der Waals surface area contributed by atoms with Gasteiger partial charge in [0.05, 0.1) is 11.3 Å². The number of aromatic amines is 1. The van der Waals surface area contributed by atoms with Gasteiger partial charge in [0.1, 0.15) is 0 Å². The lowest BCUT2D eigenvalue weighted by atomic mass is 10.1. The number of hydrogen-bond donors (Lipinski definition) is 2. The Hall–Kier alpha value is -3.33. The zero-order valence-electron chi connectivity index (χ0n) is 15.3. The first-order valence-corrected chi connectivity index (χ1v) is 9.54. The van der Waals surface area contributed by atoms with E-state index in [9.17, 15) is 9.59 Å². The highest BCUT2D eigenvalue weighted by molar-refractivity contribution is 7.13. The standard InChI is InChI=1S/C19H17N5O3S/c1-10-3-4-14-12(7-10)8-13(18(26)21-14)17-23-16(27-24-17)6-5-15(25)22-19-20-11(2)9-28-19/h3-4,7-9H,5-6H2,1-2H3,(H,21,26)(H,20,22,25). The average Bonchev–Trinajstić information content (AvgIpc) is 3.29.